The lowest BCUT2D eigenvalue weighted by Crippen LogP contribution is -2.41. The van der Waals surface area contributed by atoms with Gasteiger partial charge in [0.1, 0.15) is 17.5 Å². The molecule has 1 atom stereocenters. The predicted octanol–water partition coefficient (Wildman–Crippen LogP) is 4.81. The van der Waals surface area contributed by atoms with Gasteiger partial charge in [-0.25, -0.2) is 4.79 Å². The van der Waals surface area contributed by atoms with E-state index in [4.69, 9.17) is 14.2 Å². The summed E-state index contributed by atoms with van der Waals surface area (Å²) in [6, 6.07) is 16.2. The number of benzene rings is 2. The first-order valence-electron chi connectivity index (χ1n) is 11.4. The zero-order chi connectivity index (χ0) is 24.8. The Morgan fingerprint density at radius 1 is 1.14 bits per heavy atom. The van der Waals surface area contributed by atoms with E-state index in [1.54, 1.807) is 37.6 Å². The van der Waals surface area contributed by atoms with Gasteiger partial charge in [0.2, 0.25) is 0 Å². The minimum Gasteiger partial charge on any atom is -0.493 e. The third kappa shape index (κ3) is 5.46. The van der Waals surface area contributed by atoms with Crippen LogP contribution >= 0.6 is 0 Å². The lowest BCUT2D eigenvalue weighted by Gasteiger charge is -2.29. The van der Waals surface area contributed by atoms with Crippen molar-refractivity contribution >= 4 is 23.4 Å². The largest absolute Gasteiger partial charge is 0.493 e. The van der Waals surface area contributed by atoms with Gasteiger partial charge >= 0.3 is 6.09 Å². The smallest absolute Gasteiger partial charge is 0.431 e. The van der Waals surface area contributed by atoms with Crippen molar-refractivity contribution in [3.63, 3.8) is 0 Å². The van der Waals surface area contributed by atoms with Gasteiger partial charge in [-0.3, -0.25) is 4.79 Å². The number of amides is 2. The predicted molar refractivity (Wildman–Crippen MR) is 132 cm³/mol. The maximum atomic E-state index is 12.6. The number of carbonyl (C=O) groups excluding carboxylic acids is 2. The molecule has 1 unspecified atom stereocenters. The number of cyclic esters (lactones) is 1. The van der Waals surface area contributed by atoms with Gasteiger partial charge in [0, 0.05) is 17.4 Å². The van der Waals surface area contributed by atoms with E-state index in [1.807, 2.05) is 44.2 Å². The maximum Gasteiger partial charge on any atom is 0.431 e. The normalized spacial score (nSPS) is 15.3. The summed E-state index contributed by atoms with van der Waals surface area (Å²) in [7, 11) is 1.58. The van der Waals surface area contributed by atoms with E-state index in [0.717, 1.165) is 11.1 Å². The number of rotatable bonds is 9. The summed E-state index contributed by atoms with van der Waals surface area (Å²) in [5.74, 6) is 0.996. The number of carbonyl (C=O) groups is 2. The zero-order valence-electron chi connectivity index (χ0n) is 19.9. The topological polar surface area (TPSA) is 105 Å². The van der Waals surface area contributed by atoms with Crippen LogP contribution in [0.2, 0.25) is 0 Å². The Bertz CT molecular complexity index is 1200. The minimum absolute atomic E-state index is 0.220. The first kappa shape index (κ1) is 23.9. The number of nitrogens with zero attached hydrogens (tertiary/aromatic N) is 2. The number of methoxy groups -OCH3 is 1. The molecule has 1 aliphatic heterocycles. The summed E-state index contributed by atoms with van der Waals surface area (Å²) in [5, 5.41) is 8.77. The number of aromatic amines is 1. The minimum atomic E-state index is -0.511. The second-order valence-corrected chi connectivity index (χ2v) is 7.86. The van der Waals surface area contributed by atoms with Gasteiger partial charge in [-0.15, -0.1) is 0 Å². The Morgan fingerprint density at radius 3 is 2.60 bits per heavy atom. The summed E-state index contributed by atoms with van der Waals surface area (Å²) in [6.07, 6.45) is 1.30. The fourth-order valence-electron chi connectivity index (χ4n) is 3.73. The number of H-pyrrole nitrogens is 1. The van der Waals surface area contributed by atoms with Crippen molar-refractivity contribution < 1.29 is 23.8 Å². The van der Waals surface area contributed by atoms with Crippen molar-refractivity contribution in [3.8, 4) is 11.5 Å². The molecule has 0 fully saturated rings. The summed E-state index contributed by atoms with van der Waals surface area (Å²) < 4.78 is 16.8. The molecular formula is C26H28N4O5. The van der Waals surface area contributed by atoms with Crippen LogP contribution in [0.3, 0.4) is 0 Å². The van der Waals surface area contributed by atoms with Gasteiger partial charge in [-0.05, 0) is 61.4 Å². The highest BCUT2D eigenvalue weighted by molar-refractivity contribution is 6.06. The number of ether oxygens (including phenoxy) is 3. The SMILES string of the molecule is CCOc1ccc(C2=NN(Cc3ccc(NC(=O)c4ccc[nH]4)cc3)C(=O)OC2CC)cc1OC. The number of anilines is 1. The van der Waals surface area contributed by atoms with E-state index in [9.17, 15) is 9.59 Å². The highest BCUT2D eigenvalue weighted by Crippen LogP contribution is 2.30. The molecule has 0 bridgehead atoms. The molecule has 0 radical (unpaired) electrons. The van der Waals surface area contributed by atoms with E-state index in [1.165, 1.54) is 5.01 Å². The second-order valence-electron chi connectivity index (χ2n) is 7.86. The van der Waals surface area contributed by atoms with E-state index in [0.29, 0.717) is 41.6 Å². The maximum absolute atomic E-state index is 12.6. The van der Waals surface area contributed by atoms with Crippen LogP contribution in [-0.2, 0) is 11.3 Å². The fraction of sp³-hybridized carbons (Fsp3) is 0.269. The van der Waals surface area contributed by atoms with Crippen molar-refractivity contribution in [2.24, 2.45) is 5.10 Å². The van der Waals surface area contributed by atoms with Crippen molar-refractivity contribution in [3.05, 3.63) is 77.6 Å². The van der Waals surface area contributed by atoms with Crippen LogP contribution in [0.5, 0.6) is 11.5 Å². The number of hydrogen-bond donors (Lipinski definition) is 2. The van der Waals surface area contributed by atoms with Gasteiger partial charge in [0.25, 0.3) is 5.91 Å². The Kier molecular flexibility index (Phi) is 7.35. The Hall–Kier alpha value is -4.27. The van der Waals surface area contributed by atoms with Gasteiger partial charge in [-0.2, -0.15) is 10.1 Å². The Labute approximate surface area is 203 Å². The van der Waals surface area contributed by atoms with Crippen LogP contribution in [0.4, 0.5) is 10.5 Å². The number of hydrogen-bond acceptors (Lipinski definition) is 6. The van der Waals surface area contributed by atoms with E-state index >= 15 is 0 Å². The molecule has 9 heteroatoms. The zero-order valence-corrected chi connectivity index (χ0v) is 19.9. The summed E-state index contributed by atoms with van der Waals surface area (Å²) >= 11 is 0. The fourth-order valence-corrected chi connectivity index (χ4v) is 3.73. The van der Waals surface area contributed by atoms with Gasteiger partial charge < -0.3 is 24.5 Å². The second kappa shape index (κ2) is 10.8. The molecule has 3 aromatic rings. The van der Waals surface area contributed by atoms with Gasteiger partial charge in [-0.1, -0.05) is 19.1 Å². The van der Waals surface area contributed by atoms with E-state index in [2.05, 4.69) is 15.4 Å². The number of hydrazone groups is 1. The molecule has 35 heavy (non-hydrogen) atoms. The van der Waals surface area contributed by atoms with Gasteiger partial charge in [0.05, 0.1) is 20.3 Å². The van der Waals surface area contributed by atoms with Gasteiger partial charge in [0.15, 0.2) is 11.5 Å². The molecule has 2 aromatic carbocycles. The standard InChI is InChI=1S/C26H28N4O5/c1-4-21-24(18-10-13-22(34-5-2)23(15-18)33-3)29-30(26(32)35-21)16-17-8-11-19(12-9-17)28-25(31)20-7-6-14-27-20/h6-15,21,27H,4-5,16H2,1-3H3,(H,28,31). The lowest BCUT2D eigenvalue weighted by molar-refractivity contribution is 0.0712. The van der Waals surface area contributed by atoms with Crippen LogP contribution in [0.25, 0.3) is 0 Å². The number of nitrogens with one attached hydrogen (secondary N) is 2. The summed E-state index contributed by atoms with van der Waals surface area (Å²) in [4.78, 5) is 27.7. The lowest BCUT2D eigenvalue weighted by atomic mass is 10.0. The van der Waals surface area contributed by atoms with Crippen molar-refractivity contribution in [1.29, 1.82) is 0 Å². The number of aromatic nitrogens is 1. The monoisotopic (exact) mass is 476 g/mol. The van der Waals surface area contributed by atoms with E-state index < -0.39 is 12.2 Å². The highest BCUT2D eigenvalue weighted by atomic mass is 16.6. The summed E-state index contributed by atoms with van der Waals surface area (Å²) in [6.45, 7) is 4.59. The Morgan fingerprint density at radius 2 is 1.94 bits per heavy atom. The molecule has 4 rings (SSSR count). The molecule has 0 saturated carbocycles. The van der Waals surface area contributed by atoms with Crippen LogP contribution < -0.4 is 14.8 Å². The molecule has 182 valence electrons. The first-order valence-corrected chi connectivity index (χ1v) is 11.4. The third-order valence-electron chi connectivity index (χ3n) is 5.50. The highest BCUT2D eigenvalue weighted by Gasteiger charge is 2.31. The molecule has 2 N–H and O–H groups in total. The molecular weight excluding hydrogens is 448 g/mol. The average molecular weight is 477 g/mol. The van der Waals surface area contributed by atoms with Crippen LogP contribution in [0, 0.1) is 0 Å². The van der Waals surface area contributed by atoms with Crippen molar-refractivity contribution in [2.45, 2.75) is 32.9 Å². The van der Waals surface area contributed by atoms with E-state index in [-0.39, 0.29) is 12.5 Å². The Balaban J connectivity index is 1.52. The average Bonchev–Trinajstić information content (AvgIpc) is 3.42. The molecule has 2 amide bonds. The van der Waals surface area contributed by atoms with Crippen molar-refractivity contribution in [1.82, 2.24) is 9.99 Å². The molecule has 0 aliphatic carbocycles. The van der Waals surface area contributed by atoms with Crippen LogP contribution in [-0.4, -0.2) is 47.5 Å². The molecule has 0 saturated heterocycles. The molecule has 2 heterocycles. The quantitative estimate of drug-likeness (QED) is 0.461. The molecule has 0 spiro atoms. The molecule has 1 aromatic heterocycles. The van der Waals surface area contributed by atoms with Crippen LogP contribution in [0.1, 0.15) is 41.9 Å². The van der Waals surface area contributed by atoms with Crippen LogP contribution in [0.15, 0.2) is 65.9 Å². The van der Waals surface area contributed by atoms with Crippen molar-refractivity contribution in [2.75, 3.05) is 19.0 Å². The molecule has 9 nitrogen and oxygen atoms in total. The first-order chi connectivity index (χ1) is 17.0. The molecule has 1 aliphatic rings. The summed E-state index contributed by atoms with van der Waals surface area (Å²) in [5.41, 5.74) is 3.39. The third-order valence-corrected chi connectivity index (χ3v) is 5.50.